The number of aliphatic hydroxyl groups excluding tert-OH is 2. The molecule has 1 aromatic rings. The van der Waals surface area contributed by atoms with Crippen LogP contribution in [0.15, 0.2) is 18.2 Å². The summed E-state index contributed by atoms with van der Waals surface area (Å²) in [5.41, 5.74) is 2.63. The second-order valence-corrected chi connectivity index (χ2v) is 8.60. The Balaban J connectivity index is 2.27. The zero-order valence-electron chi connectivity index (χ0n) is 12.7. The van der Waals surface area contributed by atoms with E-state index in [0.717, 1.165) is 11.1 Å². The van der Waals surface area contributed by atoms with Crippen LogP contribution in [0.5, 0.6) is 0 Å². The summed E-state index contributed by atoms with van der Waals surface area (Å²) >= 11 is 0. The highest BCUT2D eigenvalue weighted by molar-refractivity contribution is 7.91. The van der Waals surface area contributed by atoms with Crippen LogP contribution in [0, 0.1) is 25.2 Å². The molecule has 21 heavy (non-hydrogen) atoms. The first kappa shape index (κ1) is 16.5. The number of sulfone groups is 1. The topological polar surface area (TPSA) is 74.6 Å². The number of aryl methyl sites for hydroxylation is 2. The Kier molecular flexibility index (Phi) is 4.76. The van der Waals surface area contributed by atoms with Gasteiger partial charge in [-0.1, -0.05) is 18.2 Å². The maximum Gasteiger partial charge on any atom is 0.150 e. The van der Waals surface area contributed by atoms with Gasteiger partial charge in [-0.3, -0.25) is 0 Å². The summed E-state index contributed by atoms with van der Waals surface area (Å²) in [5.74, 6) is 0.0461. The Hall–Kier alpha value is -0.910. The molecule has 1 atom stereocenters. The normalized spacial score (nSPS) is 21.6. The molecule has 1 saturated heterocycles. The van der Waals surface area contributed by atoms with Crippen LogP contribution >= 0.6 is 0 Å². The van der Waals surface area contributed by atoms with E-state index in [2.05, 4.69) is 6.07 Å². The van der Waals surface area contributed by atoms with Crippen molar-refractivity contribution in [2.24, 2.45) is 11.3 Å². The Morgan fingerprint density at radius 1 is 1.19 bits per heavy atom. The smallest absolute Gasteiger partial charge is 0.150 e. The standard InChI is InChI=1S/C16H24O4S/c1-12-3-4-14(7-13(12)2)8-16(10-17,11-18)15-5-6-21(19,20)9-15/h3-4,7,15,17-18H,5-6,8-11H2,1-2H3. The quantitative estimate of drug-likeness (QED) is 0.858. The van der Waals surface area contributed by atoms with Gasteiger partial charge in [0, 0.05) is 5.41 Å². The third-order valence-corrected chi connectivity index (χ3v) is 6.62. The monoisotopic (exact) mass is 312 g/mol. The number of hydrogen-bond donors (Lipinski definition) is 2. The molecule has 0 amide bonds. The van der Waals surface area contributed by atoms with Crippen LogP contribution in [0.2, 0.25) is 0 Å². The van der Waals surface area contributed by atoms with Crippen LogP contribution < -0.4 is 0 Å². The van der Waals surface area contributed by atoms with Crippen molar-refractivity contribution in [2.45, 2.75) is 26.7 Å². The zero-order valence-corrected chi connectivity index (χ0v) is 13.5. The highest BCUT2D eigenvalue weighted by atomic mass is 32.2. The van der Waals surface area contributed by atoms with Gasteiger partial charge in [0.05, 0.1) is 24.7 Å². The molecule has 1 aliphatic rings. The van der Waals surface area contributed by atoms with Gasteiger partial charge in [-0.2, -0.15) is 0 Å². The first-order valence-electron chi connectivity index (χ1n) is 7.30. The summed E-state index contributed by atoms with van der Waals surface area (Å²) in [5, 5.41) is 19.7. The first-order chi connectivity index (χ1) is 9.82. The molecule has 1 fully saturated rings. The predicted molar refractivity (Wildman–Crippen MR) is 83.0 cm³/mol. The maximum absolute atomic E-state index is 11.7. The minimum atomic E-state index is -3.03. The molecule has 1 heterocycles. The molecule has 5 heteroatoms. The average molecular weight is 312 g/mol. The third kappa shape index (κ3) is 3.47. The van der Waals surface area contributed by atoms with E-state index < -0.39 is 15.3 Å². The molecule has 4 nitrogen and oxygen atoms in total. The number of rotatable bonds is 5. The van der Waals surface area contributed by atoms with Crippen molar-refractivity contribution in [3.8, 4) is 0 Å². The van der Waals surface area contributed by atoms with E-state index in [1.807, 2.05) is 26.0 Å². The highest BCUT2D eigenvalue weighted by Gasteiger charge is 2.44. The van der Waals surface area contributed by atoms with Crippen molar-refractivity contribution in [2.75, 3.05) is 24.7 Å². The molecular weight excluding hydrogens is 288 g/mol. The van der Waals surface area contributed by atoms with E-state index in [4.69, 9.17) is 0 Å². The lowest BCUT2D eigenvalue weighted by molar-refractivity contribution is 0.0124. The lowest BCUT2D eigenvalue weighted by Gasteiger charge is -2.35. The first-order valence-corrected chi connectivity index (χ1v) is 9.12. The third-order valence-electron chi connectivity index (χ3n) is 4.86. The molecule has 0 aliphatic carbocycles. The van der Waals surface area contributed by atoms with Gasteiger partial charge in [0.15, 0.2) is 9.84 Å². The zero-order chi connectivity index (χ0) is 15.7. The van der Waals surface area contributed by atoms with Crippen molar-refractivity contribution in [3.05, 3.63) is 34.9 Å². The molecule has 118 valence electrons. The van der Waals surface area contributed by atoms with E-state index in [-0.39, 0.29) is 30.6 Å². The summed E-state index contributed by atoms with van der Waals surface area (Å²) in [6.07, 6.45) is 1.02. The SMILES string of the molecule is Cc1ccc(CC(CO)(CO)C2CCS(=O)(=O)C2)cc1C. The van der Waals surface area contributed by atoms with Crippen molar-refractivity contribution >= 4 is 9.84 Å². The van der Waals surface area contributed by atoms with Crippen molar-refractivity contribution in [3.63, 3.8) is 0 Å². The molecular formula is C16H24O4S. The largest absolute Gasteiger partial charge is 0.396 e. The van der Waals surface area contributed by atoms with E-state index in [0.29, 0.717) is 12.8 Å². The van der Waals surface area contributed by atoms with Gasteiger partial charge < -0.3 is 10.2 Å². The van der Waals surface area contributed by atoms with Crippen LogP contribution in [-0.2, 0) is 16.3 Å². The summed E-state index contributed by atoms with van der Waals surface area (Å²) in [6.45, 7) is 3.67. The summed E-state index contributed by atoms with van der Waals surface area (Å²) in [6, 6.07) is 6.07. The van der Waals surface area contributed by atoms with E-state index in [1.54, 1.807) is 0 Å². The lowest BCUT2D eigenvalue weighted by Crippen LogP contribution is -2.41. The van der Waals surface area contributed by atoms with Gasteiger partial charge in [-0.15, -0.1) is 0 Å². The van der Waals surface area contributed by atoms with Crippen molar-refractivity contribution in [1.82, 2.24) is 0 Å². The van der Waals surface area contributed by atoms with Crippen LogP contribution in [0.25, 0.3) is 0 Å². The molecule has 0 radical (unpaired) electrons. The van der Waals surface area contributed by atoms with Crippen LogP contribution in [0.1, 0.15) is 23.1 Å². The van der Waals surface area contributed by atoms with E-state index >= 15 is 0 Å². The minimum Gasteiger partial charge on any atom is -0.396 e. The van der Waals surface area contributed by atoms with Crippen LogP contribution in [-0.4, -0.2) is 43.4 Å². The molecule has 1 aliphatic heterocycles. The number of hydrogen-bond acceptors (Lipinski definition) is 4. The van der Waals surface area contributed by atoms with E-state index in [9.17, 15) is 18.6 Å². The van der Waals surface area contributed by atoms with E-state index in [1.165, 1.54) is 5.56 Å². The maximum atomic E-state index is 11.7. The molecule has 2 N–H and O–H groups in total. The second kappa shape index (κ2) is 6.07. The molecule has 1 aromatic carbocycles. The van der Waals surface area contributed by atoms with Gasteiger partial charge in [-0.25, -0.2) is 8.42 Å². The molecule has 1 unspecified atom stereocenters. The summed E-state index contributed by atoms with van der Waals surface area (Å²) in [7, 11) is -3.03. The number of aliphatic hydroxyl groups is 2. The Bertz CT molecular complexity index is 603. The van der Waals surface area contributed by atoms with Gasteiger partial charge >= 0.3 is 0 Å². The predicted octanol–water partition coefficient (Wildman–Crippen LogP) is 1.25. The molecule has 0 spiro atoms. The molecule has 0 aromatic heterocycles. The van der Waals surface area contributed by atoms with Crippen molar-refractivity contribution < 1.29 is 18.6 Å². The van der Waals surface area contributed by atoms with Gasteiger partial charge in [0.25, 0.3) is 0 Å². The van der Waals surface area contributed by atoms with Crippen LogP contribution in [0.4, 0.5) is 0 Å². The second-order valence-electron chi connectivity index (χ2n) is 6.37. The molecule has 0 saturated carbocycles. The number of benzene rings is 1. The fourth-order valence-corrected chi connectivity index (χ4v) is 5.11. The Morgan fingerprint density at radius 2 is 1.86 bits per heavy atom. The minimum absolute atomic E-state index is 0.0684. The highest BCUT2D eigenvalue weighted by Crippen LogP contribution is 2.38. The molecule has 0 bridgehead atoms. The van der Waals surface area contributed by atoms with Crippen molar-refractivity contribution in [1.29, 1.82) is 0 Å². The van der Waals surface area contributed by atoms with Gasteiger partial charge in [0.2, 0.25) is 0 Å². The van der Waals surface area contributed by atoms with Crippen LogP contribution in [0.3, 0.4) is 0 Å². The Morgan fingerprint density at radius 3 is 2.33 bits per heavy atom. The Labute approximate surface area is 126 Å². The van der Waals surface area contributed by atoms with Gasteiger partial charge in [0.1, 0.15) is 0 Å². The fraction of sp³-hybridized carbons (Fsp3) is 0.625. The summed E-state index contributed by atoms with van der Waals surface area (Å²) < 4.78 is 23.4. The van der Waals surface area contributed by atoms with Gasteiger partial charge in [-0.05, 0) is 49.3 Å². The fourth-order valence-electron chi connectivity index (χ4n) is 3.16. The lowest BCUT2D eigenvalue weighted by atomic mass is 9.72. The molecule has 2 rings (SSSR count). The summed E-state index contributed by atoms with van der Waals surface area (Å²) in [4.78, 5) is 0. The average Bonchev–Trinajstić information content (AvgIpc) is 2.81.